The largest absolute Gasteiger partial charge is 0.377 e. The van der Waals surface area contributed by atoms with Crippen molar-refractivity contribution in [2.24, 2.45) is 0 Å². The van der Waals surface area contributed by atoms with Gasteiger partial charge < -0.3 is 10.1 Å². The third-order valence-corrected chi connectivity index (χ3v) is 4.00. The van der Waals surface area contributed by atoms with Crippen LogP contribution in [0.25, 0.3) is 0 Å². The Kier molecular flexibility index (Phi) is 7.08. The third kappa shape index (κ3) is 5.54. The average Bonchev–Trinajstić information content (AvgIpc) is 2.44. The maximum Gasteiger partial charge on any atom is 0.258 e. The van der Waals surface area contributed by atoms with Gasteiger partial charge in [-0.1, -0.05) is 13.0 Å². The van der Waals surface area contributed by atoms with Gasteiger partial charge in [-0.25, -0.2) is 18.1 Å². The van der Waals surface area contributed by atoms with E-state index in [1.807, 2.05) is 20.8 Å². The summed E-state index contributed by atoms with van der Waals surface area (Å²) in [6.45, 7) is 8.02. The van der Waals surface area contributed by atoms with Crippen molar-refractivity contribution in [2.75, 3.05) is 19.7 Å². The van der Waals surface area contributed by atoms with E-state index in [-0.39, 0.29) is 17.7 Å². The first kappa shape index (κ1) is 17.0. The summed E-state index contributed by atoms with van der Waals surface area (Å²) in [7, 11) is -3.57. The highest BCUT2D eigenvalue weighted by Crippen LogP contribution is 2.06. The molecule has 2 N–H and O–H groups in total. The number of rotatable bonds is 9. The molecule has 1 atom stereocenters. The number of pyridine rings is 1. The molecular weight excluding hydrogens is 278 g/mol. The second kappa shape index (κ2) is 8.31. The molecule has 0 aliphatic heterocycles. The van der Waals surface area contributed by atoms with Crippen LogP contribution < -0.4 is 10.0 Å². The Morgan fingerprint density at radius 1 is 1.35 bits per heavy atom. The smallest absolute Gasteiger partial charge is 0.258 e. The standard InChI is InChI=1S/C13H23N3O3S/c1-4-14-9-12-6-7-13(15-10-12)20(17,18)16-8-11(3)19-5-2/h6-7,10-11,14,16H,4-5,8-9H2,1-3H3. The number of sulfonamides is 1. The van der Waals surface area contributed by atoms with Crippen LogP contribution in [-0.2, 0) is 21.3 Å². The first-order valence-electron chi connectivity index (χ1n) is 6.76. The minimum Gasteiger partial charge on any atom is -0.377 e. The second-order valence-electron chi connectivity index (χ2n) is 4.40. The van der Waals surface area contributed by atoms with E-state index in [2.05, 4.69) is 15.0 Å². The van der Waals surface area contributed by atoms with Crippen molar-refractivity contribution in [3.8, 4) is 0 Å². The molecule has 0 aromatic carbocycles. The summed E-state index contributed by atoms with van der Waals surface area (Å²) in [5, 5.41) is 3.18. The predicted octanol–water partition coefficient (Wildman–Crippen LogP) is 0.894. The van der Waals surface area contributed by atoms with Crippen molar-refractivity contribution in [3.05, 3.63) is 23.9 Å². The molecule has 1 unspecified atom stereocenters. The van der Waals surface area contributed by atoms with E-state index in [0.29, 0.717) is 13.2 Å². The monoisotopic (exact) mass is 301 g/mol. The Labute approximate surface area is 121 Å². The van der Waals surface area contributed by atoms with Gasteiger partial charge in [0.15, 0.2) is 5.03 Å². The van der Waals surface area contributed by atoms with Crippen molar-refractivity contribution in [2.45, 2.75) is 38.4 Å². The predicted molar refractivity (Wildman–Crippen MR) is 77.9 cm³/mol. The van der Waals surface area contributed by atoms with Crippen molar-refractivity contribution in [1.82, 2.24) is 15.0 Å². The second-order valence-corrected chi connectivity index (χ2v) is 6.12. The summed E-state index contributed by atoms with van der Waals surface area (Å²) in [5.41, 5.74) is 0.952. The lowest BCUT2D eigenvalue weighted by molar-refractivity contribution is 0.0799. The van der Waals surface area contributed by atoms with Crippen LogP contribution in [0.4, 0.5) is 0 Å². The summed E-state index contributed by atoms with van der Waals surface area (Å²) in [6, 6.07) is 3.27. The molecule has 0 saturated heterocycles. The number of hydrogen-bond acceptors (Lipinski definition) is 5. The van der Waals surface area contributed by atoms with E-state index in [9.17, 15) is 8.42 Å². The van der Waals surface area contributed by atoms with E-state index in [1.165, 1.54) is 6.07 Å². The highest BCUT2D eigenvalue weighted by molar-refractivity contribution is 7.89. The third-order valence-electron chi connectivity index (χ3n) is 2.66. The molecule has 0 radical (unpaired) electrons. The van der Waals surface area contributed by atoms with E-state index in [0.717, 1.165) is 12.1 Å². The molecule has 0 aliphatic carbocycles. The van der Waals surface area contributed by atoms with Gasteiger partial charge in [0.25, 0.3) is 10.0 Å². The Morgan fingerprint density at radius 3 is 2.65 bits per heavy atom. The molecule has 0 fully saturated rings. The normalized spacial score (nSPS) is 13.3. The van der Waals surface area contributed by atoms with Crippen LogP contribution in [0, 0.1) is 0 Å². The van der Waals surface area contributed by atoms with Crippen LogP contribution in [0.3, 0.4) is 0 Å². The van der Waals surface area contributed by atoms with Gasteiger partial charge in [-0.05, 0) is 32.0 Å². The number of aromatic nitrogens is 1. The van der Waals surface area contributed by atoms with Gasteiger partial charge in [0.1, 0.15) is 0 Å². The Balaban J connectivity index is 2.63. The minimum absolute atomic E-state index is 0.0291. The molecule has 114 valence electrons. The van der Waals surface area contributed by atoms with Crippen LogP contribution in [-0.4, -0.2) is 39.2 Å². The van der Waals surface area contributed by atoms with E-state index in [1.54, 1.807) is 12.3 Å². The summed E-state index contributed by atoms with van der Waals surface area (Å²) in [6.07, 6.45) is 1.41. The van der Waals surface area contributed by atoms with Crippen molar-refractivity contribution in [3.63, 3.8) is 0 Å². The van der Waals surface area contributed by atoms with Gasteiger partial charge in [0.05, 0.1) is 6.10 Å². The highest BCUT2D eigenvalue weighted by atomic mass is 32.2. The number of hydrogen-bond donors (Lipinski definition) is 2. The lowest BCUT2D eigenvalue weighted by atomic mass is 10.3. The molecule has 0 aliphatic rings. The molecule has 20 heavy (non-hydrogen) atoms. The lowest BCUT2D eigenvalue weighted by Crippen LogP contribution is -2.32. The van der Waals surface area contributed by atoms with Crippen molar-refractivity contribution >= 4 is 10.0 Å². The maximum absolute atomic E-state index is 12.0. The van der Waals surface area contributed by atoms with Gasteiger partial charge in [-0.2, -0.15) is 0 Å². The Morgan fingerprint density at radius 2 is 2.10 bits per heavy atom. The molecule has 7 heteroatoms. The zero-order chi connectivity index (χ0) is 15.0. The molecule has 0 bridgehead atoms. The summed E-state index contributed by atoms with van der Waals surface area (Å²) < 4.78 is 31.8. The SMILES string of the molecule is CCNCc1ccc(S(=O)(=O)NCC(C)OCC)nc1. The molecule has 1 aromatic rings. The zero-order valence-electron chi connectivity index (χ0n) is 12.2. The average molecular weight is 301 g/mol. The van der Waals surface area contributed by atoms with E-state index >= 15 is 0 Å². The van der Waals surface area contributed by atoms with Gasteiger partial charge in [-0.15, -0.1) is 0 Å². The molecule has 6 nitrogen and oxygen atoms in total. The fourth-order valence-electron chi connectivity index (χ4n) is 1.59. The van der Waals surface area contributed by atoms with E-state index in [4.69, 9.17) is 4.74 Å². The molecule has 1 rings (SSSR count). The molecule has 0 amide bonds. The molecule has 1 aromatic heterocycles. The topological polar surface area (TPSA) is 80.3 Å². The molecule has 0 spiro atoms. The first-order chi connectivity index (χ1) is 9.49. The van der Waals surface area contributed by atoms with Gasteiger partial charge in [0, 0.05) is 25.9 Å². The quantitative estimate of drug-likeness (QED) is 0.708. The van der Waals surface area contributed by atoms with E-state index < -0.39 is 10.0 Å². The summed E-state index contributed by atoms with van der Waals surface area (Å²) in [4.78, 5) is 4.00. The first-order valence-corrected chi connectivity index (χ1v) is 8.24. The van der Waals surface area contributed by atoms with Crippen LogP contribution in [0.1, 0.15) is 26.3 Å². The van der Waals surface area contributed by atoms with Crippen LogP contribution in [0.15, 0.2) is 23.4 Å². The lowest BCUT2D eigenvalue weighted by Gasteiger charge is -2.12. The zero-order valence-corrected chi connectivity index (χ0v) is 13.0. The fraction of sp³-hybridized carbons (Fsp3) is 0.615. The number of nitrogens with one attached hydrogen (secondary N) is 2. The highest BCUT2D eigenvalue weighted by Gasteiger charge is 2.16. The van der Waals surface area contributed by atoms with Crippen molar-refractivity contribution in [1.29, 1.82) is 0 Å². The molecule has 0 saturated carbocycles. The van der Waals surface area contributed by atoms with Crippen LogP contribution in [0.2, 0.25) is 0 Å². The van der Waals surface area contributed by atoms with Gasteiger partial charge in [-0.3, -0.25) is 0 Å². The fourth-order valence-corrected chi connectivity index (χ4v) is 2.63. The van der Waals surface area contributed by atoms with Crippen LogP contribution >= 0.6 is 0 Å². The Bertz CT molecular complexity index is 488. The maximum atomic E-state index is 12.0. The molecule has 1 heterocycles. The van der Waals surface area contributed by atoms with Gasteiger partial charge in [0.2, 0.25) is 0 Å². The van der Waals surface area contributed by atoms with Crippen LogP contribution in [0.5, 0.6) is 0 Å². The van der Waals surface area contributed by atoms with Gasteiger partial charge >= 0.3 is 0 Å². The number of ether oxygens (including phenoxy) is 1. The Hall–Kier alpha value is -1.02. The summed E-state index contributed by atoms with van der Waals surface area (Å²) in [5.74, 6) is 0. The van der Waals surface area contributed by atoms with Crippen molar-refractivity contribution < 1.29 is 13.2 Å². The molecular formula is C13H23N3O3S. The number of nitrogens with zero attached hydrogens (tertiary/aromatic N) is 1. The summed E-state index contributed by atoms with van der Waals surface area (Å²) >= 11 is 0. The minimum atomic E-state index is -3.57.